The largest absolute Gasteiger partial charge is 0.496 e. The van der Waals surface area contributed by atoms with Crippen LogP contribution in [0.25, 0.3) is 0 Å². The molecule has 1 fully saturated rings. The van der Waals surface area contributed by atoms with Crippen LogP contribution in [0.4, 0.5) is 0 Å². The minimum atomic E-state index is -0.279. The standard InChI is InChI=1S/C16H22N2O4/c1-21-10-13-9-12(3-4-14(13)22-2)16(20)18-7-5-11(6-8-18)15(17)19/h3-4,9,11H,5-8,10H2,1-2H3,(H2,17,19). The highest BCUT2D eigenvalue weighted by Crippen LogP contribution is 2.23. The van der Waals surface area contributed by atoms with E-state index in [1.807, 2.05) is 0 Å². The van der Waals surface area contributed by atoms with Crippen LogP contribution in [0, 0.1) is 5.92 Å². The monoisotopic (exact) mass is 306 g/mol. The van der Waals surface area contributed by atoms with Gasteiger partial charge in [0.1, 0.15) is 5.75 Å². The van der Waals surface area contributed by atoms with Crippen molar-refractivity contribution in [1.29, 1.82) is 0 Å². The zero-order valence-electron chi connectivity index (χ0n) is 13.0. The number of rotatable bonds is 5. The molecule has 0 radical (unpaired) electrons. The molecule has 0 aromatic heterocycles. The molecule has 6 nitrogen and oxygen atoms in total. The number of benzene rings is 1. The molecule has 120 valence electrons. The van der Waals surface area contributed by atoms with Gasteiger partial charge < -0.3 is 20.1 Å². The van der Waals surface area contributed by atoms with E-state index in [9.17, 15) is 9.59 Å². The molecule has 0 spiro atoms. The molecular weight excluding hydrogens is 284 g/mol. The van der Waals surface area contributed by atoms with Crippen LogP contribution in [-0.2, 0) is 16.1 Å². The first-order valence-corrected chi connectivity index (χ1v) is 7.31. The number of nitrogens with zero attached hydrogens (tertiary/aromatic N) is 1. The summed E-state index contributed by atoms with van der Waals surface area (Å²) in [7, 11) is 3.19. The Labute approximate surface area is 130 Å². The number of nitrogens with two attached hydrogens (primary N) is 1. The molecule has 1 aliphatic rings. The number of methoxy groups -OCH3 is 2. The molecular formula is C16H22N2O4. The minimum absolute atomic E-state index is 0.0390. The van der Waals surface area contributed by atoms with E-state index < -0.39 is 0 Å². The first kappa shape index (κ1) is 16.3. The third kappa shape index (κ3) is 3.57. The van der Waals surface area contributed by atoms with Crippen LogP contribution in [-0.4, -0.2) is 44.0 Å². The van der Waals surface area contributed by atoms with Crippen molar-refractivity contribution in [3.63, 3.8) is 0 Å². The molecule has 1 saturated heterocycles. The summed E-state index contributed by atoms with van der Waals surface area (Å²) in [5.41, 5.74) is 6.75. The van der Waals surface area contributed by atoms with Gasteiger partial charge in [-0.05, 0) is 31.0 Å². The summed E-state index contributed by atoms with van der Waals surface area (Å²) in [6.45, 7) is 1.49. The highest BCUT2D eigenvalue weighted by molar-refractivity contribution is 5.94. The Morgan fingerprint density at radius 2 is 1.95 bits per heavy atom. The molecule has 22 heavy (non-hydrogen) atoms. The topological polar surface area (TPSA) is 81.9 Å². The van der Waals surface area contributed by atoms with Gasteiger partial charge in [0, 0.05) is 37.2 Å². The van der Waals surface area contributed by atoms with Gasteiger partial charge in [0.2, 0.25) is 5.91 Å². The van der Waals surface area contributed by atoms with Crippen molar-refractivity contribution in [2.45, 2.75) is 19.4 Å². The highest BCUT2D eigenvalue weighted by atomic mass is 16.5. The molecule has 0 bridgehead atoms. The van der Waals surface area contributed by atoms with Crippen LogP contribution >= 0.6 is 0 Å². The van der Waals surface area contributed by atoms with Gasteiger partial charge in [-0.15, -0.1) is 0 Å². The fourth-order valence-corrected chi connectivity index (χ4v) is 2.73. The zero-order chi connectivity index (χ0) is 16.1. The van der Waals surface area contributed by atoms with Gasteiger partial charge in [-0.2, -0.15) is 0 Å². The Morgan fingerprint density at radius 1 is 1.27 bits per heavy atom. The molecule has 0 saturated carbocycles. The van der Waals surface area contributed by atoms with E-state index in [1.165, 1.54) is 0 Å². The lowest BCUT2D eigenvalue weighted by molar-refractivity contribution is -0.123. The van der Waals surface area contributed by atoms with Crippen LogP contribution in [0.15, 0.2) is 18.2 Å². The third-order valence-electron chi connectivity index (χ3n) is 4.01. The Kier molecular flexibility index (Phi) is 5.38. The molecule has 6 heteroatoms. The Bertz CT molecular complexity index is 551. The lowest BCUT2D eigenvalue weighted by atomic mass is 9.95. The normalized spacial score (nSPS) is 15.6. The number of amides is 2. The van der Waals surface area contributed by atoms with Gasteiger partial charge >= 0.3 is 0 Å². The van der Waals surface area contributed by atoms with E-state index in [0.29, 0.717) is 43.9 Å². The molecule has 1 heterocycles. The summed E-state index contributed by atoms with van der Waals surface area (Å²) in [4.78, 5) is 25.5. The van der Waals surface area contributed by atoms with E-state index in [-0.39, 0.29) is 17.7 Å². The fourth-order valence-electron chi connectivity index (χ4n) is 2.73. The summed E-state index contributed by atoms with van der Waals surface area (Å²) in [6, 6.07) is 5.32. The van der Waals surface area contributed by atoms with E-state index in [0.717, 1.165) is 5.56 Å². The number of piperidine rings is 1. The van der Waals surface area contributed by atoms with Crippen LogP contribution in [0.1, 0.15) is 28.8 Å². The molecule has 2 amide bonds. The highest BCUT2D eigenvalue weighted by Gasteiger charge is 2.26. The first-order valence-electron chi connectivity index (χ1n) is 7.31. The van der Waals surface area contributed by atoms with E-state index in [1.54, 1.807) is 37.3 Å². The van der Waals surface area contributed by atoms with Crippen LogP contribution in [0.5, 0.6) is 5.75 Å². The number of carbonyl (C=O) groups is 2. The van der Waals surface area contributed by atoms with Crippen LogP contribution in [0.2, 0.25) is 0 Å². The Hall–Kier alpha value is -2.08. The molecule has 0 aliphatic carbocycles. The maximum absolute atomic E-state index is 12.6. The maximum atomic E-state index is 12.6. The van der Waals surface area contributed by atoms with Gasteiger partial charge in [-0.1, -0.05) is 0 Å². The predicted molar refractivity (Wildman–Crippen MR) is 81.5 cm³/mol. The SMILES string of the molecule is COCc1cc(C(=O)N2CCC(C(N)=O)CC2)ccc1OC. The second-order valence-electron chi connectivity index (χ2n) is 5.43. The molecule has 0 unspecified atom stereocenters. The minimum Gasteiger partial charge on any atom is -0.496 e. The lowest BCUT2D eigenvalue weighted by Crippen LogP contribution is -2.41. The van der Waals surface area contributed by atoms with Gasteiger partial charge in [-0.25, -0.2) is 0 Å². The average Bonchev–Trinajstić information content (AvgIpc) is 2.54. The summed E-state index contributed by atoms with van der Waals surface area (Å²) < 4.78 is 10.4. The van der Waals surface area contributed by atoms with Crippen molar-refractivity contribution < 1.29 is 19.1 Å². The number of hydrogen-bond acceptors (Lipinski definition) is 4. The van der Waals surface area contributed by atoms with Gasteiger partial charge in [0.25, 0.3) is 5.91 Å². The molecule has 0 atom stereocenters. The third-order valence-corrected chi connectivity index (χ3v) is 4.01. The first-order chi connectivity index (χ1) is 10.6. The van der Waals surface area contributed by atoms with Crippen molar-refractivity contribution in [2.75, 3.05) is 27.3 Å². The van der Waals surface area contributed by atoms with Gasteiger partial charge in [0.15, 0.2) is 0 Å². The zero-order valence-corrected chi connectivity index (χ0v) is 13.0. The van der Waals surface area contributed by atoms with Crippen molar-refractivity contribution in [2.24, 2.45) is 11.7 Å². The second kappa shape index (κ2) is 7.26. The molecule has 2 N–H and O–H groups in total. The van der Waals surface area contributed by atoms with Crippen LogP contribution < -0.4 is 10.5 Å². The molecule has 1 aliphatic heterocycles. The van der Waals surface area contributed by atoms with Crippen molar-refractivity contribution >= 4 is 11.8 Å². The van der Waals surface area contributed by atoms with E-state index in [2.05, 4.69) is 0 Å². The molecule has 1 aromatic rings. The number of primary amides is 1. The molecule has 2 rings (SSSR count). The smallest absolute Gasteiger partial charge is 0.253 e. The fraction of sp³-hybridized carbons (Fsp3) is 0.500. The average molecular weight is 306 g/mol. The second-order valence-corrected chi connectivity index (χ2v) is 5.43. The number of carbonyl (C=O) groups excluding carboxylic acids is 2. The predicted octanol–water partition coefficient (Wildman–Crippen LogP) is 1.18. The maximum Gasteiger partial charge on any atom is 0.253 e. The summed E-state index contributed by atoms with van der Waals surface area (Å²) in [5.74, 6) is 0.261. The van der Waals surface area contributed by atoms with E-state index >= 15 is 0 Å². The lowest BCUT2D eigenvalue weighted by Gasteiger charge is -2.30. The van der Waals surface area contributed by atoms with E-state index in [4.69, 9.17) is 15.2 Å². The Balaban J connectivity index is 2.10. The van der Waals surface area contributed by atoms with Crippen molar-refractivity contribution in [3.8, 4) is 5.75 Å². The quantitative estimate of drug-likeness (QED) is 0.885. The summed E-state index contributed by atoms with van der Waals surface area (Å²) >= 11 is 0. The summed E-state index contributed by atoms with van der Waals surface area (Å²) in [6.07, 6.45) is 1.25. The Morgan fingerprint density at radius 3 is 2.50 bits per heavy atom. The summed E-state index contributed by atoms with van der Waals surface area (Å²) in [5, 5.41) is 0. The molecule has 1 aromatic carbocycles. The van der Waals surface area contributed by atoms with Crippen LogP contribution in [0.3, 0.4) is 0 Å². The number of ether oxygens (including phenoxy) is 2. The van der Waals surface area contributed by atoms with Crippen molar-refractivity contribution in [3.05, 3.63) is 29.3 Å². The van der Waals surface area contributed by atoms with Gasteiger partial charge in [0.05, 0.1) is 13.7 Å². The van der Waals surface area contributed by atoms with Gasteiger partial charge in [-0.3, -0.25) is 9.59 Å². The van der Waals surface area contributed by atoms with Crippen molar-refractivity contribution in [1.82, 2.24) is 4.90 Å². The number of hydrogen-bond donors (Lipinski definition) is 1. The number of likely N-dealkylation sites (tertiary alicyclic amines) is 1.